The molecule has 2 saturated heterocycles. The minimum atomic E-state index is -1.15. The molecule has 3 heterocycles. The minimum absolute atomic E-state index is 0.0316. The smallest absolute Gasteiger partial charge is 0.309 e. The summed E-state index contributed by atoms with van der Waals surface area (Å²) in [5.74, 6) is -6.74. The first-order valence-corrected chi connectivity index (χ1v) is 24.3. The molecule has 0 radical (unpaired) electrons. The first-order valence-electron chi connectivity index (χ1n) is 24.3. The summed E-state index contributed by atoms with van der Waals surface area (Å²) < 4.78 is 37.1. The van der Waals surface area contributed by atoms with Crippen LogP contribution in [0, 0.1) is 34.8 Å². The fourth-order valence-corrected chi connectivity index (χ4v) is 9.07. The number of carbonyl (C=O) groups is 8. The first kappa shape index (κ1) is 55.6. The van der Waals surface area contributed by atoms with Gasteiger partial charge in [-0.3, -0.25) is 43.3 Å². The number of nitrogens with two attached hydrogens (primary N) is 1. The Morgan fingerprint density at radius 3 is 2.25 bits per heavy atom. The number of imide groups is 1. The number of Topliss-reactive ketones (excluding diaryl/α,β-unsaturated/α-hetero) is 1. The van der Waals surface area contributed by atoms with Crippen LogP contribution in [0.25, 0.3) is 11.1 Å². The SMILES string of the molecule is CC1CC(=O)N(CC(=O)N2CCC(OC(=O)[C@H](C)CC(=O)[C@@H](NC(=O)CCNC(=O)[C@@H](N)CCN(C(=O)CO)[C@@H](c3cc(-c4cc(F)ccc4F)cn3Cc3ccccc3)C(C)(C)C)C(C)C)CC2)C1=O. The molecular formula is C52H69F2N7O10. The van der Waals surface area contributed by atoms with Crippen LogP contribution in [-0.2, 0) is 49.6 Å². The van der Waals surface area contributed by atoms with E-state index in [4.69, 9.17) is 10.5 Å². The summed E-state index contributed by atoms with van der Waals surface area (Å²) in [4.78, 5) is 108. The number of aliphatic hydroxyl groups excluding tert-OH is 1. The maximum atomic E-state index is 15.1. The van der Waals surface area contributed by atoms with E-state index < -0.39 is 83.4 Å². The van der Waals surface area contributed by atoms with E-state index in [-0.39, 0.29) is 93.4 Å². The number of rotatable bonds is 22. The van der Waals surface area contributed by atoms with Crippen LogP contribution in [0.5, 0.6) is 0 Å². The fourth-order valence-electron chi connectivity index (χ4n) is 9.07. The van der Waals surface area contributed by atoms with Gasteiger partial charge in [-0.25, -0.2) is 8.78 Å². The highest BCUT2D eigenvalue weighted by molar-refractivity contribution is 6.05. The predicted molar refractivity (Wildman–Crippen MR) is 258 cm³/mol. The second-order valence-corrected chi connectivity index (χ2v) is 20.1. The number of hydrogen-bond acceptors (Lipinski definition) is 11. The maximum Gasteiger partial charge on any atom is 0.309 e. The van der Waals surface area contributed by atoms with Gasteiger partial charge in [-0.1, -0.05) is 78.8 Å². The molecule has 0 spiro atoms. The van der Waals surface area contributed by atoms with E-state index in [2.05, 4.69) is 10.6 Å². The zero-order chi connectivity index (χ0) is 52.3. The summed E-state index contributed by atoms with van der Waals surface area (Å²) in [5, 5.41) is 15.5. The van der Waals surface area contributed by atoms with Gasteiger partial charge in [0, 0.05) is 93.8 Å². The van der Waals surface area contributed by atoms with Crippen molar-refractivity contribution in [3.63, 3.8) is 0 Å². The number of aromatic nitrogens is 1. The molecule has 5 atom stereocenters. The molecule has 2 aliphatic heterocycles. The topological polar surface area (TPSA) is 231 Å². The lowest BCUT2D eigenvalue weighted by molar-refractivity contribution is -0.158. The van der Waals surface area contributed by atoms with Gasteiger partial charge in [0.1, 0.15) is 30.9 Å². The quantitative estimate of drug-likeness (QED) is 0.0820. The number of nitrogens with zero attached hydrogens (tertiary/aromatic N) is 4. The highest BCUT2D eigenvalue weighted by Crippen LogP contribution is 2.41. The van der Waals surface area contributed by atoms with E-state index in [0.29, 0.717) is 30.6 Å². The van der Waals surface area contributed by atoms with E-state index in [0.717, 1.165) is 28.7 Å². The molecule has 1 unspecified atom stereocenters. The Kier molecular flexibility index (Phi) is 19.3. The van der Waals surface area contributed by atoms with Gasteiger partial charge < -0.3 is 40.6 Å². The van der Waals surface area contributed by atoms with Crippen molar-refractivity contribution in [2.24, 2.45) is 28.9 Å². The van der Waals surface area contributed by atoms with Crippen molar-refractivity contribution < 1.29 is 57.0 Å². The molecule has 0 saturated carbocycles. The van der Waals surface area contributed by atoms with Crippen molar-refractivity contribution in [1.29, 1.82) is 0 Å². The van der Waals surface area contributed by atoms with Crippen molar-refractivity contribution in [2.75, 3.05) is 39.3 Å². The molecule has 5 N–H and O–H groups in total. The first-order chi connectivity index (χ1) is 33.5. The molecular weight excluding hydrogens is 921 g/mol. The second kappa shape index (κ2) is 24.7. The van der Waals surface area contributed by atoms with Crippen LogP contribution >= 0.6 is 0 Å². The van der Waals surface area contributed by atoms with Crippen molar-refractivity contribution in [2.45, 2.75) is 118 Å². The Hall–Kier alpha value is -6.34. The van der Waals surface area contributed by atoms with Crippen LogP contribution in [0.3, 0.4) is 0 Å². The van der Waals surface area contributed by atoms with Gasteiger partial charge in [0.2, 0.25) is 35.4 Å². The molecule has 19 heteroatoms. The summed E-state index contributed by atoms with van der Waals surface area (Å²) in [7, 11) is 0. The summed E-state index contributed by atoms with van der Waals surface area (Å²) >= 11 is 0. The highest BCUT2D eigenvalue weighted by atomic mass is 19.1. The van der Waals surface area contributed by atoms with Gasteiger partial charge in [0.05, 0.1) is 24.0 Å². The average Bonchev–Trinajstić information content (AvgIpc) is 3.83. The number of ether oxygens (including phenoxy) is 1. The Labute approximate surface area is 413 Å². The van der Waals surface area contributed by atoms with Crippen LogP contribution in [0.1, 0.15) is 104 Å². The average molecular weight is 990 g/mol. The highest BCUT2D eigenvalue weighted by Gasteiger charge is 2.40. The van der Waals surface area contributed by atoms with E-state index in [9.17, 15) is 47.9 Å². The molecule has 17 nitrogen and oxygen atoms in total. The summed E-state index contributed by atoms with van der Waals surface area (Å²) in [6, 6.07) is 11.5. The van der Waals surface area contributed by atoms with Crippen LogP contribution in [-0.4, -0.2) is 129 Å². The fraction of sp³-hybridized carbons (Fsp3) is 0.538. The molecule has 2 fully saturated rings. The van der Waals surface area contributed by atoms with Crippen molar-refractivity contribution in [3.8, 4) is 11.1 Å². The Morgan fingerprint density at radius 2 is 1.65 bits per heavy atom. The Morgan fingerprint density at radius 1 is 0.972 bits per heavy atom. The molecule has 71 heavy (non-hydrogen) atoms. The number of ketones is 1. The number of aliphatic hydroxyl groups is 1. The molecule has 386 valence electrons. The lowest BCUT2D eigenvalue weighted by Gasteiger charge is -2.41. The summed E-state index contributed by atoms with van der Waals surface area (Å²) in [6.45, 7) is 11.9. The predicted octanol–water partition coefficient (Wildman–Crippen LogP) is 4.28. The summed E-state index contributed by atoms with van der Waals surface area (Å²) in [5.41, 5.74) is 7.54. The largest absolute Gasteiger partial charge is 0.462 e. The van der Waals surface area contributed by atoms with Gasteiger partial charge in [-0.15, -0.1) is 0 Å². The zero-order valence-electron chi connectivity index (χ0n) is 41.8. The zero-order valence-corrected chi connectivity index (χ0v) is 41.8. The molecule has 1 aromatic heterocycles. The lowest BCUT2D eigenvalue weighted by atomic mass is 9.82. The summed E-state index contributed by atoms with van der Waals surface area (Å²) in [6.07, 6.45) is 1.51. The van der Waals surface area contributed by atoms with Crippen LogP contribution in [0.15, 0.2) is 60.8 Å². The molecule has 0 bridgehead atoms. The van der Waals surface area contributed by atoms with E-state index in [1.165, 1.54) is 9.80 Å². The number of esters is 1. The third-order valence-corrected chi connectivity index (χ3v) is 13.0. The van der Waals surface area contributed by atoms with Gasteiger partial charge in [0.15, 0.2) is 5.78 Å². The molecule has 6 amide bonds. The molecule has 0 aliphatic carbocycles. The Balaban J connectivity index is 1.12. The number of amides is 6. The van der Waals surface area contributed by atoms with E-state index in [1.807, 2.05) is 55.7 Å². The van der Waals surface area contributed by atoms with Crippen LogP contribution in [0.4, 0.5) is 8.78 Å². The van der Waals surface area contributed by atoms with E-state index >= 15 is 4.39 Å². The normalized spacial score (nSPS) is 17.2. The van der Waals surface area contributed by atoms with E-state index in [1.54, 1.807) is 40.0 Å². The lowest BCUT2D eigenvalue weighted by Crippen LogP contribution is -2.48. The monoisotopic (exact) mass is 990 g/mol. The molecule has 3 aromatic rings. The molecule has 2 aromatic carbocycles. The number of benzene rings is 2. The Bertz CT molecular complexity index is 2410. The number of likely N-dealkylation sites (tertiary alicyclic amines) is 2. The van der Waals surface area contributed by atoms with Gasteiger partial charge >= 0.3 is 5.97 Å². The van der Waals surface area contributed by atoms with Gasteiger partial charge in [-0.05, 0) is 47.6 Å². The molecule has 2 aliphatic rings. The number of halogens is 2. The van der Waals surface area contributed by atoms with Gasteiger partial charge in [-0.2, -0.15) is 0 Å². The van der Waals surface area contributed by atoms with Crippen molar-refractivity contribution >= 4 is 47.2 Å². The standard InChI is InChI=1S/C52H69F2N7O10/c1-31(2)47(42(63)23-33(4)51(70)71-37-16-20-58(21-17-37)45(66)29-61-44(65)24-32(3)50(61)69)57-43(64)15-19-56-49(68)40(55)18-22-60(46(67)30-62)48(52(5,6)7)41-25-35(38-26-36(53)13-14-39(38)54)28-59(41)27-34-11-9-8-10-12-34/h8-14,25-26,28,31-33,37,40,47-48,62H,15-24,27,29-30,55H2,1-7H3,(H,56,68)(H,57,64)/t32?,33-,40+,47+,48+/m1/s1. The minimum Gasteiger partial charge on any atom is -0.462 e. The second-order valence-electron chi connectivity index (χ2n) is 20.1. The van der Waals surface area contributed by atoms with Crippen LogP contribution < -0.4 is 16.4 Å². The van der Waals surface area contributed by atoms with Gasteiger partial charge in [0.25, 0.3) is 0 Å². The third-order valence-electron chi connectivity index (χ3n) is 13.0. The number of piperidine rings is 1. The molecule has 5 rings (SSSR count). The third kappa shape index (κ3) is 14.9. The number of nitrogens with one attached hydrogen (secondary N) is 2. The van der Waals surface area contributed by atoms with Crippen molar-refractivity contribution in [3.05, 3.63) is 83.7 Å². The maximum absolute atomic E-state index is 15.1. The number of hydrogen-bond donors (Lipinski definition) is 4. The number of carbonyl (C=O) groups excluding carboxylic acids is 8. The van der Waals surface area contributed by atoms with Crippen molar-refractivity contribution in [1.82, 2.24) is 29.9 Å². The van der Waals surface area contributed by atoms with Crippen LogP contribution in [0.2, 0.25) is 0 Å².